The van der Waals surface area contributed by atoms with Crippen molar-refractivity contribution in [2.45, 2.75) is 19.3 Å². The standard InChI is InChI=1S/C12H15O/c1-2-3-4-8-11-13-12-9-6-5-7-10-12/h2,5-6,9-10H,1,3-4,8,11H2. The minimum absolute atomic E-state index is 0.783. The van der Waals surface area contributed by atoms with E-state index in [-0.39, 0.29) is 0 Å². The Morgan fingerprint density at radius 1 is 1.46 bits per heavy atom. The first-order chi connectivity index (χ1) is 6.43. The number of hydrogen-bond acceptors (Lipinski definition) is 1. The summed E-state index contributed by atoms with van der Waals surface area (Å²) in [6.07, 6.45) is 5.25. The van der Waals surface area contributed by atoms with E-state index in [0.29, 0.717) is 0 Å². The van der Waals surface area contributed by atoms with Crippen molar-refractivity contribution in [2.24, 2.45) is 0 Å². The van der Waals surface area contributed by atoms with Crippen LogP contribution >= 0.6 is 0 Å². The maximum atomic E-state index is 5.49. The van der Waals surface area contributed by atoms with Gasteiger partial charge in [0.1, 0.15) is 5.75 Å². The molecular formula is C12H15O. The molecule has 1 heteroatoms. The zero-order chi connectivity index (χ0) is 9.36. The second-order valence-electron chi connectivity index (χ2n) is 2.87. The van der Waals surface area contributed by atoms with Crippen LogP contribution < -0.4 is 4.74 Å². The van der Waals surface area contributed by atoms with Crippen LogP contribution in [0.15, 0.2) is 36.9 Å². The Labute approximate surface area is 80.0 Å². The van der Waals surface area contributed by atoms with Crippen molar-refractivity contribution in [1.82, 2.24) is 0 Å². The van der Waals surface area contributed by atoms with Crippen LogP contribution in [0.1, 0.15) is 19.3 Å². The Morgan fingerprint density at radius 3 is 3.08 bits per heavy atom. The van der Waals surface area contributed by atoms with Crippen molar-refractivity contribution in [3.05, 3.63) is 43.0 Å². The monoisotopic (exact) mass is 175 g/mol. The lowest BCUT2D eigenvalue weighted by atomic mass is 10.2. The lowest BCUT2D eigenvalue weighted by Gasteiger charge is -2.04. The zero-order valence-electron chi connectivity index (χ0n) is 7.83. The molecule has 69 valence electrons. The van der Waals surface area contributed by atoms with E-state index in [0.717, 1.165) is 31.6 Å². The Hall–Kier alpha value is -1.24. The molecule has 1 aromatic carbocycles. The van der Waals surface area contributed by atoms with Crippen molar-refractivity contribution < 1.29 is 4.74 Å². The number of hydrogen-bond donors (Lipinski definition) is 0. The van der Waals surface area contributed by atoms with E-state index in [1.807, 2.05) is 30.3 Å². The Balaban J connectivity index is 2.10. The Kier molecular flexibility index (Phi) is 4.77. The van der Waals surface area contributed by atoms with Gasteiger partial charge in [-0.25, -0.2) is 0 Å². The quantitative estimate of drug-likeness (QED) is 0.476. The molecule has 1 rings (SSSR count). The summed E-state index contributed by atoms with van der Waals surface area (Å²) < 4.78 is 5.49. The van der Waals surface area contributed by atoms with Gasteiger partial charge in [-0.1, -0.05) is 18.2 Å². The van der Waals surface area contributed by atoms with Crippen LogP contribution in [0.2, 0.25) is 0 Å². The predicted molar refractivity (Wildman–Crippen MR) is 54.8 cm³/mol. The number of allylic oxidation sites excluding steroid dienone is 1. The normalized spacial score (nSPS) is 9.54. The van der Waals surface area contributed by atoms with E-state index in [1.165, 1.54) is 0 Å². The van der Waals surface area contributed by atoms with Gasteiger partial charge < -0.3 is 4.74 Å². The second kappa shape index (κ2) is 6.30. The molecule has 0 spiro atoms. The minimum atomic E-state index is 0.783. The first-order valence-electron chi connectivity index (χ1n) is 4.63. The fourth-order valence-corrected chi connectivity index (χ4v) is 1.05. The first-order valence-corrected chi connectivity index (χ1v) is 4.63. The molecular weight excluding hydrogens is 160 g/mol. The lowest BCUT2D eigenvalue weighted by molar-refractivity contribution is 0.307. The molecule has 0 bridgehead atoms. The second-order valence-corrected chi connectivity index (χ2v) is 2.87. The summed E-state index contributed by atoms with van der Waals surface area (Å²) in [5, 5.41) is 0. The molecule has 1 nitrogen and oxygen atoms in total. The van der Waals surface area contributed by atoms with Gasteiger partial charge in [0.05, 0.1) is 6.61 Å². The third kappa shape index (κ3) is 4.36. The molecule has 0 unspecified atom stereocenters. The largest absolute Gasteiger partial charge is 0.494 e. The summed E-state index contributed by atoms with van der Waals surface area (Å²) in [6, 6.07) is 10.6. The van der Waals surface area contributed by atoms with Gasteiger partial charge in [0, 0.05) is 0 Å². The summed E-state index contributed by atoms with van der Waals surface area (Å²) in [5.74, 6) is 0.904. The predicted octanol–water partition coefficient (Wildman–Crippen LogP) is 3.22. The van der Waals surface area contributed by atoms with Crippen LogP contribution in [0.4, 0.5) is 0 Å². The van der Waals surface area contributed by atoms with Gasteiger partial charge in [-0.2, -0.15) is 0 Å². The van der Waals surface area contributed by atoms with Crippen molar-refractivity contribution >= 4 is 0 Å². The van der Waals surface area contributed by atoms with Gasteiger partial charge in [-0.05, 0) is 37.5 Å². The Morgan fingerprint density at radius 2 is 2.38 bits per heavy atom. The van der Waals surface area contributed by atoms with Crippen LogP contribution in [0, 0.1) is 6.07 Å². The van der Waals surface area contributed by atoms with E-state index >= 15 is 0 Å². The van der Waals surface area contributed by atoms with Crippen LogP contribution in [0.3, 0.4) is 0 Å². The van der Waals surface area contributed by atoms with Crippen molar-refractivity contribution in [2.75, 3.05) is 6.61 Å². The third-order valence-electron chi connectivity index (χ3n) is 1.75. The molecule has 0 atom stereocenters. The molecule has 0 aliphatic rings. The minimum Gasteiger partial charge on any atom is -0.494 e. The molecule has 0 fully saturated rings. The topological polar surface area (TPSA) is 9.23 Å². The number of ether oxygens (including phenoxy) is 1. The van der Waals surface area contributed by atoms with E-state index in [4.69, 9.17) is 4.74 Å². The smallest absolute Gasteiger partial charge is 0.119 e. The van der Waals surface area contributed by atoms with Gasteiger partial charge in [0.15, 0.2) is 0 Å². The average Bonchev–Trinajstić information content (AvgIpc) is 2.19. The van der Waals surface area contributed by atoms with Gasteiger partial charge in [-0.15, -0.1) is 6.58 Å². The maximum Gasteiger partial charge on any atom is 0.119 e. The van der Waals surface area contributed by atoms with Crippen molar-refractivity contribution in [1.29, 1.82) is 0 Å². The molecule has 0 N–H and O–H groups in total. The molecule has 0 heterocycles. The zero-order valence-corrected chi connectivity index (χ0v) is 7.83. The number of unbranched alkanes of at least 4 members (excludes halogenated alkanes) is 2. The number of rotatable bonds is 6. The Bertz CT molecular complexity index is 228. The molecule has 1 radical (unpaired) electrons. The van der Waals surface area contributed by atoms with E-state index < -0.39 is 0 Å². The highest BCUT2D eigenvalue weighted by atomic mass is 16.5. The van der Waals surface area contributed by atoms with Gasteiger partial charge in [0.25, 0.3) is 0 Å². The van der Waals surface area contributed by atoms with E-state index in [9.17, 15) is 0 Å². The molecule has 0 amide bonds. The summed E-state index contributed by atoms with van der Waals surface area (Å²) in [6.45, 7) is 4.45. The fraction of sp³-hybridized carbons (Fsp3) is 0.333. The van der Waals surface area contributed by atoms with Crippen LogP contribution in [-0.2, 0) is 0 Å². The lowest BCUT2D eigenvalue weighted by Crippen LogP contribution is -1.96. The average molecular weight is 175 g/mol. The third-order valence-corrected chi connectivity index (χ3v) is 1.75. The number of benzene rings is 1. The molecule has 0 saturated heterocycles. The summed E-state index contributed by atoms with van der Waals surface area (Å²) in [4.78, 5) is 0. The van der Waals surface area contributed by atoms with Gasteiger partial charge >= 0.3 is 0 Å². The first kappa shape index (κ1) is 9.85. The summed E-state index contributed by atoms with van der Waals surface area (Å²) in [5.41, 5.74) is 0. The highest BCUT2D eigenvalue weighted by molar-refractivity contribution is 5.19. The highest BCUT2D eigenvalue weighted by Gasteiger charge is 1.90. The molecule has 0 saturated carbocycles. The molecule has 0 aliphatic carbocycles. The maximum absolute atomic E-state index is 5.49. The molecule has 13 heavy (non-hydrogen) atoms. The molecule has 0 aliphatic heterocycles. The molecule has 1 aromatic rings. The van der Waals surface area contributed by atoms with Crippen LogP contribution in [-0.4, -0.2) is 6.61 Å². The molecule has 0 aromatic heterocycles. The summed E-state index contributed by atoms with van der Waals surface area (Å²) in [7, 11) is 0. The highest BCUT2D eigenvalue weighted by Crippen LogP contribution is 2.08. The SMILES string of the molecule is C=CCCCCOc1c[c]ccc1. The van der Waals surface area contributed by atoms with E-state index in [2.05, 4.69) is 12.6 Å². The van der Waals surface area contributed by atoms with Gasteiger partial charge in [-0.3, -0.25) is 0 Å². The summed E-state index contributed by atoms with van der Waals surface area (Å²) >= 11 is 0. The van der Waals surface area contributed by atoms with Crippen molar-refractivity contribution in [3.63, 3.8) is 0 Å². The van der Waals surface area contributed by atoms with Crippen LogP contribution in [0.5, 0.6) is 5.75 Å². The van der Waals surface area contributed by atoms with Crippen LogP contribution in [0.25, 0.3) is 0 Å². The van der Waals surface area contributed by atoms with Crippen molar-refractivity contribution in [3.8, 4) is 5.75 Å². The van der Waals surface area contributed by atoms with Gasteiger partial charge in [0.2, 0.25) is 0 Å². The fourth-order valence-electron chi connectivity index (χ4n) is 1.05. The van der Waals surface area contributed by atoms with E-state index in [1.54, 1.807) is 0 Å².